The number of quaternary nitrogens is 1. The van der Waals surface area contributed by atoms with Crippen molar-refractivity contribution in [3.8, 4) is 0 Å². The molecule has 2 amide bonds. The number of hydrogen-bond acceptors (Lipinski definition) is 7. The van der Waals surface area contributed by atoms with Gasteiger partial charge in [0.25, 0.3) is 0 Å². The molecule has 0 bridgehead atoms. The normalized spacial score (nSPS) is 13.1. The summed E-state index contributed by atoms with van der Waals surface area (Å²) >= 11 is 0. The SMILES string of the molecule is CCCCCC(OC(=O)C[N+](C)(C)CCOC(C)=O)C(O)C/C=C\CCCCCCCC(=O)NCCNC(C)=O. The lowest BCUT2D eigenvalue weighted by molar-refractivity contribution is -0.883. The molecule has 0 aromatic carbocycles. The van der Waals surface area contributed by atoms with E-state index in [1.54, 1.807) is 0 Å². The van der Waals surface area contributed by atoms with Gasteiger partial charge in [0.05, 0.1) is 20.2 Å². The third-order valence-corrected chi connectivity index (χ3v) is 6.50. The van der Waals surface area contributed by atoms with Gasteiger partial charge in [-0.25, -0.2) is 4.79 Å². The topological polar surface area (TPSA) is 131 Å². The van der Waals surface area contributed by atoms with Gasteiger partial charge in [-0.05, 0) is 38.5 Å². The van der Waals surface area contributed by atoms with Gasteiger partial charge in [0.2, 0.25) is 11.8 Å². The summed E-state index contributed by atoms with van der Waals surface area (Å²) in [4.78, 5) is 46.2. The number of allylic oxidation sites excluding steroid dienone is 1. The smallest absolute Gasteiger partial charge is 0.362 e. The van der Waals surface area contributed by atoms with Crippen LogP contribution in [0.4, 0.5) is 0 Å². The molecule has 0 spiro atoms. The fourth-order valence-electron chi connectivity index (χ4n) is 4.11. The first kappa shape index (κ1) is 37.5. The van der Waals surface area contributed by atoms with E-state index in [4.69, 9.17) is 9.47 Å². The largest absolute Gasteiger partial charge is 0.460 e. The molecule has 10 heteroatoms. The molecule has 0 aliphatic heterocycles. The Morgan fingerprint density at radius 1 is 0.900 bits per heavy atom. The second kappa shape index (κ2) is 23.3. The zero-order valence-corrected chi connectivity index (χ0v) is 25.7. The van der Waals surface area contributed by atoms with Gasteiger partial charge in [-0.3, -0.25) is 14.4 Å². The van der Waals surface area contributed by atoms with Crippen molar-refractivity contribution in [3.05, 3.63) is 12.2 Å². The minimum Gasteiger partial charge on any atom is -0.460 e. The van der Waals surface area contributed by atoms with Crippen LogP contribution in [0, 0.1) is 0 Å². The minimum atomic E-state index is -0.752. The average molecular weight is 571 g/mol. The second-order valence-corrected chi connectivity index (χ2v) is 11.1. The molecule has 40 heavy (non-hydrogen) atoms. The van der Waals surface area contributed by atoms with E-state index in [1.807, 2.05) is 20.2 Å². The van der Waals surface area contributed by atoms with Crippen molar-refractivity contribution >= 4 is 23.8 Å². The Morgan fingerprint density at radius 3 is 2.25 bits per heavy atom. The maximum absolute atomic E-state index is 12.6. The lowest BCUT2D eigenvalue weighted by atomic mass is 10.0. The minimum absolute atomic E-state index is 0.0209. The Kier molecular flexibility index (Phi) is 21.8. The fraction of sp³-hybridized carbons (Fsp3) is 0.800. The Morgan fingerprint density at radius 2 is 1.57 bits per heavy atom. The predicted molar refractivity (Wildman–Crippen MR) is 156 cm³/mol. The van der Waals surface area contributed by atoms with E-state index < -0.39 is 12.2 Å². The summed E-state index contributed by atoms with van der Waals surface area (Å²) in [5.74, 6) is -0.783. The highest BCUT2D eigenvalue weighted by atomic mass is 16.6. The number of amides is 2. The van der Waals surface area contributed by atoms with Gasteiger partial charge in [-0.15, -0.1) is 0 Å². The maximum atomic E-state index is 12.6. The molecule has 232 valence electrons. The van der Waals surface area contributed by atoms with Gasteiger partial charge in [0.1, 0.15) is 19.3 Å². The van der Waals surface area contributed by atoms with Crippen LogP contribution in [0.2, 0.25) is 0 Å². The monoisotopic (exact) mass is 570 g/mol. The van der Waals surface area contributed by atoms with Crippen molar-refractivity contribution < 1.29 is 38.2 Å². The second-order valence-electron chi connectivity index (χ2n) is 11.1. The number of unbranched alkanes of at least 4 members (excludes halogenated alkanes) is 7. The van der Waals surface area contributed by atoms with Crippen LogP contribution in [0.15, 0.2) is 12.2 Å². The Hall–Kier alpha value is -2.46. The zero-order valence-electron chi connectivity index (χ0n) is 25.7. The molecule has 0 rings (SSSR count). The molecule has 0 fully saturated rings. The highest BCUT2D eigenvalue weighted by Crippen LogP contribution is 2.15. The van der Waals surface area contributed by atoms with Crippen LogP contribution >= 0.6 is 0 Å². The van der Waals surface area contributed by atoms with Crippen LogP contribution in [0.5, 0.6) is 0 Å². The van der Waals surface area contributed by atoms with Crippen LogP contribution < -0.4 is 10.6 Å². The van der Waals surface area contributed by atoms with E-state index in [1.165, 1.54) is 13.8 Å². The number of ether oxygens (including phenoxy) is 2. The average Bonchev–Trinajstić information content (AvgIpc) is 2.86. The van der Waals surface area contributed by atoms with Crippen molar-refractivity contribution in [2.75, 3.05) is 46.9 Å². The Balaban J connectivity index is 4.25. The summed E-state index contributed by atoms with van der Waals surface area (Å²) in [6.07, 6.45) is 13.3. The molecule has 10 nitrogen and oxygen atoms in total. The Labute approximate surface area is 241 Å². The van der Waals surface area contributed by atoms with Gasteiger partial charge in [-0.2, -0.15) is 0 Å². The summed E-state index contributed by atoms with van der Waals surface area (Å²) in [6.45, 7) is 6.70. The summed E-state index contributed by atoms with van der Waals surface area (Å²) in [6, 6.07) is 0. The van der Waals surface area contributed by atoms with E-state index in [-0.39, 0.29) is 36.9 Å². The maximum Gasteiger partial charge on any atom is 0.362 e. The summed E-state index contributed by atoms with van der Waals surface area (Å²) in [7, 11) is 3.76. The number of aliphatic hydroxyl groups excluding tert-OH is 1. The van der Waals surface area contributed by atoms with E-state index in [0.717, 1.165) is 57.8 Å². The number of likely N-dealkylation sites (N-methyl/N-ethyl adjacent to an activating group) is 1. The first-order chi connectivity index (χ1) is 19.0. The molecule has 0 heterocycles. The third-order valence-electron chi connectivity index (χ3n) is 6.50. The molecular formula is C30H56N3O7+. The van der Waals surface area contributed by atoms with Crippen molar-refractivity contribution in [1.82, 2.24) is 10.6 Å². The third kappa shape index (κ3) is 23.4. The number of nitrogens with zero attached hydrogens (tertiary/aromatic N) is 1. The molecule has 0 aromatic heterocycles. The van der Waals surface area contributed by atoms with Crippen molar-refractivity contribution in [2.24, 2.45) is 0 Å². The number of nitrogens with one attached hydrogen (secondary N) is 2. The highest BCUT2D eigenvalue weighted by molar-refractivity contribution is 5.76. The van der Waals surface area contributed by atoms with Crippen LogP contribution in [-0.2, 0) is 28.7 Å². The number of rotatable bonds is 24. The van der Waals surface area contributed by atoms with E-state index in [9.17, 15) is 24.3 Å². The molecule has 0 radical (unpaired) electrons. The molecule has 3 N–H and O–H groups in total. The van der Waals surface area contributed by atoms with Crippen molar-refractivity contribution in [2.45, 2.75) is 110 Å². The zero-order chi connectivity index (χ0) is 30.2. The number of aliphatic hydroxyl groups is 1. The standard InChI is InChI=1S/C30H55N3O7/c1-6-7-14-18-28(40-30(38)24-33(4,5)22-23-39-26(3)35)27(36)17-15-12-10-8-9-11-13-16-19-29(37)32-21-20-31-25(2)34/h12,15,27-28,36H,6-11,13-14,16-24H2,1-5H3,(H-,31,32,34,37)/p+1/b15-12-. The summed E-state index contributed by atoms with van der Waals surface area (Å²) < 4.78 is 11.0. The Bertz CT molecular complexity index is 756. The lowest BCUT2D eigenvalue weighted by Gasteiger charge is -2.30. The molecule has 0 aliphatic carbocycles. The van der Waals surface area contributed by atoms with E-state index in [2.05, 4.69) is 23.6 Å². The lowest BCUT2D eigenvalue weighted by Crippen LogP contribution is -2.47. The molecule has 2 unspecified atom stereocenters. The molecule has 0 saturated heterocycles. The molecule has 0 aromatic rings. The molecule has 2 atom stereocenters. The van der Waals surface area contributed by atoms with Crippen molar-refractivity contribution in [3.63, 3.8) is 0 Å². The van der Waals surface area contributed by atoms with Gasteiger partial charge < -0.3 is 29.7 Å². The number of carbonyl (C=O) groups is 4. The number of carbonyl (C=O) groups excluding carboxylic acids is 4. The van der Waals surface area contributed by atoms with Gasteiger partial charge in [0.15, 0.2) is 6.54 Å². The quantitative estimate of drug-likeness (QED) is 0.0702. The molecule has 0 aliphatic rings. The summed E-state index contributed by atoms with van der Waals surface area (Å²) in [5.41, 5.74) is 0. The van der Waals surface area contributed by atoms with E-state index in [0.29, 0.717) is 43.4 Å². The van der Waals surface area contributed by atoms with Crippen LogP contribution in [0.3, 0.4) is 0 Å². The van der Waals surface area contributed by atoms with Crippen LogP contribution in [0.25, 0.3) is 0 Å². The molecule has 0 saturated carbocycles. The van der Waals surface area contributed by atoms with Gasteiger partial charge in [-0.1, -0.05) is 51.2 Å². The first-order valence-corrected chi connectivity index (χ1v) is 15.0. The van der Waals surface area contributed by atoms with Crippen LogP contribution in [-0.4, -0.2) is 92.4 Å². The summed E-state index contributed by atoms with van der Waals surface area (Å²) in [5, 5.41) is 16.2. The first-order valence-electron chi connectivity index (χ1n) is 15.0. The van der Waals surface area contributed by atoms with Crippen molar-refractivity contribution in [1.29, 1.82) is 0 Å². The van der Waals surface area contributed by atoms with Crippen LogP contribution in [0.1, 0.15) is 97.8 Å². The molecular weight excluding hydrogens is 514 g/mol. The van der Waals surface area contributed by atoms with E-state index >= 15 is 0 Å². The van der Waals surface area contributed by atoms with Gasteiger partial charge in [0, 0.05) is 33.4 Å². The number of hydrogen-bond donors (Lipinski definition) is 3. The predicted octanol–water partition coefficient (Wildman–Crippen LogP) is 3.41. The van der Waals surface area contributed by atoms with Gasteiger partial charge >= 0.3 is 11.9 Å². The fourth-order valence-corrected chi connectivity index (χ4v) is 4.11. The number of esters is 2. The highest BCUT2D eigenvalue weighted by Gasteiger charge is 2.27.